The van der Waals surface area contributed by atoms with Crippen LogP contribution in [0.15, 0.2) is 53.4 Å². The molecule has 0 aliphatic carbocycles. The largest absolute Gasteiger partial charge is 0.452 e. The number of nitrogens with one attached hydrogen (secondary N) is 1. The molecule has 3 N–H and O–H groups in total. The van der Waals surface area contributed by atoms with Gasteiger partial charge in [-0.1, -0.05) is 11.6 Å². The van der Waals surface area contributed by atoms with Crippen molar-refractivity contribution >= 4 is 50.1 Å². The van der Waals surface area contributed by atoms with Gasteiger partial charge in [0.05, 0.1) is 21.7 Å². The number of carbonyl (C=O) groups is 2. The second kappa shape index (κ2) is 8.16. The highest BCUT2D eigenvalue weighted by molar-refractivity contribution is 7.89. The van der Waals surface area contributed by atoms with E-state index in [-0.39, 0.29) is 10.5 Å². The maximum Gasteiger partial charge on any atom is 0.340 e. The Kier molecular flexibility index (Phi) is 5.83. The zero-order valence-electron chi connectivity index (χ0n) is 15.2. The zero-order chi connectivity index (χ0) is 21.2. The number of aryl methyl sites for hydroxylation is 1. The molecular formula is C19H16ClN3O5S. The number of carbonyl (C=O) groups excluding carboxylic acids is 2. The van der Waals surface area contributed by atoms with E-state index >= 15 is 0 Å². The molecule has 0 bridgehead atoms. The van der Waals surface area contributed by atoms with Gasteiger partial charge >= 0.3 is 5.97 Å². The molecule has 3 rings (SSSR count). The standard InChI is InChI=1S/C19H16ClN3O5S/c1-11-16(9-12-8-13(20)2-7-17(12)22-11)19(25)28-10-18(24)23-14-3-5-15(6-4-14)29(21,26)27/h2-9H,10H2,1H3,(H,23,24)(H2,21,26,27). The predicted octanol–water partition coefficient (Wildman–Crippen LogP) is 2.64. The monoisotopic (exact) mass is 433 g/mol. The summed E-state index contributed by atoms with van der Waals surface area (Å²) in [5.74, 6) is -1.28. The molecule has 0 saturated heterocycles. The van der Waals surface area contributed by atoms with Crippen molar-refractivity contribution in [2.24, 2.45) is 5.14 Å². The van der Waals surface area contributed by atoms with Crippen LogP contribution in [0.2, 0.25) is 5.02 Å². The number of primary sulfonamides is 1. The molecule has 3 aromatic rings. The van der Waals surface area contributed by atoms with Crippen LogP contribution in [0.3, 0.4) is 0 Å². The van der Waals surface area contributed by atoms with E-state index in [4.69, 9.17) is 21.5 Å². The van der Waals surface area contributed by atoms with Crippen LogP contribution in [0.1, 0.15) is 16.1 Å². The Morgan fingerprint density at radius 3 is 2.48 bits per heavy atom. The van der Waals surface area contributed by atoms with Gasteiger partial charge in [-0.3, -0.25) is 9.78 Å². The first kappa shape index (κ1) is 20.7. The van der Waals surface area contributed by atoms with Gasteiger partial charge < -0.3 is 10.1 Å². The van der Waals surface area contributed by atoms with Gasteiger partial charge in [0.2, 0.25) is 10.0 Å². The van der Waals surface area contributed by atoms with Crippen LogP contribution in [-0.4, -0.2) is 31.9 Å². The quantitative estimate of drug-likeness (QED) is 0.595. The van der Waals surface area contributed by atoms with Crippen molar-refractivity contribution < 1.29 is 22.7 Å². The molecule has 2 aromatic carbocycles. The number of hydrogen-bond acceptors (Lipinski definition) is 6. The molecule has 10 heteroatoms. The van der Waals surface area contributed by atoms with E-state index in [9.17, 15) is 18.0 Å². The number of benzene rings is 2. The third kappa shape index (κ3) is 5.08. The van der Waals surface area contributed by atoms with Crippen molar-refractivity contribution in [2.45, 2.75) is 11.8 Å². The first-order chi connectivity index (χ1) is 13.6. The molecule has 0 saturated carbocycles. The number of pyridine rings is 1. The number of rotatable bonds is 5. The number of aromatic nitrogens is 1. The summed E-state index contributed by atoms with van der Waals surface area (Å²) in [6, 6.07) is 12.0. The van der Waals surface area contributed by atoms with Gasteiger partial charge in [0, 0.05) is 16.1 Å². The Bertz CT molecular complexity index is 1210. The summed E-state index contributed by atoms with van der Waals surface area (Å²) >= 11 is 5.97. The summed E-state index contributed by atoms with van der Waals surface area (Å²) in [6.07, 6.45) is 0. The van der Waals surface area contributed by atoms with Gasteiger partial charge in [-0.05, 0) is 55.5 Å². The average molecular weight is 434 g/mol. The Hall–Kier alpha value is -3.01. The Morgan fingerprint density at radius 2 is 1.83 bits per heavy atom. The Labute approximate surface area is 171 Å². The minimum absolute atomic E-state index is 0.0821. The van der Waals surface area contributed by atoms with Gasteiger partial charge in [-0.15, -0.1) is 0 Å². The smallest absolute Gasteiger partial charge is 0.340 e. The molecule has 0 radical (unpaired) electrons. The fourth-order valence-corrected chi connectivity index (χ4v) is 3.28. The molecule has 1 amide bonds. The van der Waals surface area contributed by atoms with Crippen LogP contribution in [0.5, 0.6) is 0 Å². The van der Waals surface area contributed by atoms with Crippen molar-refractivity contribution in [3.63, 3.8) is 0 Å². The topological polar surface area (TPSA) is 128 Å². The van der Waals surface area contributed by atoms with Crippen LogP contribution in [-0.2, 0) is 19.6 Å². The van der Waals surface area contributed by atoms with Gasteiger partial charge in [-0.2, -0.15) is 0 Å². The van der Waals surface area contributed by atoms with Gasteiger partial charge in [0.15, 0.2) is 6.61 Å². The number of ether oxygens (including phenoxy) is 1. The Morgan fingerprint density at radius 1 is 1.14 bits per heavy atom. The number of esters is 1. The lowest BCUT2D eigenvalue weighted by Crippen LogP contribution is -2.21. The maximum absolute atomic E-state index is 12.4. The third-order valence-corrected chi connectivity index (χ3v) is 5.15. The maximum atomic E-state index is 12.4. The van der Waals surface area contributed by atoms with Crippen LogP contribution in [0.25, 0.3) is 10.9 Å². The fourth-order valence-electron chi connectivity index (χ4n) is 2.58. The molecule has 0 fully saturated rings. The SMILES string of the molecule is Cc1nc2ccc(Cl)cc2cc1C(=O)OCC(=O)Nc1ccc(S(N)(=O)=O)cc1. The molecule has 0 spiro atoms. The van der Waals surface area contributed by atoms with Crippen molar-refractivity contribution in [3.8, 4) is 0 Å². The molecule has 1 heterocycles. The van der Waals surface area contributed by atoms with Crippen molar-refractivity contribution in [2.75, 3.05) is 11.9 Å². The predicted molar refractivity (Wildman–Crippen MR) is 108 cm³/mol. The lowest BCUT2D eigenvalue weighted by atomic mass is 10.1. The van der Waals surface area contributed by atoms with E-state index < -0.39 is 28.5 Å². The molecule has 150 valence electrons. The summed E-state index contributed by atoms with van der Waals surface area (Å²) in [5.41, 5.74) is 1.70. The summed E-state index contributed by atoms with van der Waals surface area (Å²) in [4.78, 5) is 28.6. The van der Waals surface area contributed by atoms with Crippen molar-refractivity contribution in [1.29, 1.82) is 0 Å². The highest BCUT2D eigenvalue weighted by Crippen LogP contribution is 2.21. The second-order valence-corrected chi connectivity index (χ2v) is 8.15. The number of amides is 1. The normalized spacial score (nSPS) is 11.3. The summed E-state index contributed by atoms with van der Waals surface area (Å²) in [7, 11) is -3.82. The molecule has 0 unspecified atom stereocenters. The highest BCUT2D eigenvalue weighted by atomic mass is 35.5. The van der Waals surface area contributed by atoms with Crippen LogP contribution >= 0.6 is 11.6 Å². The highest BCUT2D eigenvalue weighted by Gasteiger charge is 2.15. The third-order valence-electron chi connectivity index (χ3n) is 3.99. The van der Waals surface area contributed by atoms with Crippen molar-refractivity contribution in [3.05, 3.63) is 64.8 Å². The summed E-state index contributed by atoms with van der Waals surface area (Å²) in [5, 5.41) is 8.69. The number of anilines is 1. The number of nitrogens with two attached hydrogens (primary N) is 1. The molecule has 1 aromatic heterocycles. The first-order valence-corrected chi connectivity index (χ1v) is 10.2. The van der Waals surface area contributed by atoms with Gasteiger partial charge in [0.25, 0.3) is 5.91 Å². The molecule has 29 heavy (non-hydrogen) atoms. The van der Waals surface area contributed by atoms with E-state index in [0.717, 1.165) is 0 Å². The average Bonchev–Trinajstić information content (AvgIpc) is 2.65. The Balaban J connectivity index is 1.65. The molecule has 0 aliphatic heterocycles. The van der Waals surface area contributed by atoms with Crippen LogP contribution < -0.4 is 10.5 Å². The van der Waals surface area contributed by atoms with E-state index in [1.165, 1.54) is 24.3 Å². The van der Waals surface area contributed by atoms with Crippen LogP contribution in [0, 0.1) is 6.92 Å². The molecule has 0 aliphatic rings. The lowest BCUT2D eigenvalue weighted by molar-refractivity contribution is -0.119. The molecular weight excluding hydrogens is 418 g/mol. The molecule has 0 atom stereocenters. The van der Waals surface area contributed by atoms with E-state index in [1.54, 1.807) is 31.2 Å². The lowest BCUT2D eigenvalue weighted by Gasteiger charge is -2.09. The number of nitrogens with zero attached hydrogens (tertiary/aromatic N) is 1. The number of hydrogen-bond donors (Lipinski definition) is 2. The number of fused-ring (bicyclic) bond motifs is 1. The minimum atomic E-state index is -3.82. The first-order valence-electron chi connectivity index (χ1n) is 8.30. The fraction of sp³-hybridized carbons (Fsp3) is 0.105. The van der Waals surface area contributed by atoms with Crippen LogP contribution in [0.4, 0.5) is 5.69 Å². The van der Waals surface area contributed by atoms with E-state index in [2.05, 4.69) is 10.3 Å². The number of sulfonamides is 1. The summed E-state index contributed by atoms with van der Waals surface area (Å²) < 4.78 is 27.5. The minimum Gasteiger partial charge on any atom is -0.452 e. The zero-order valence-corrected chi connectivity index (χ0v) is 16.8. The second-order valence-electron chi connectivity index (χ2n) is 6.15. The van der Waals surface area contributed by atoms with Gasteiger partial charge in [0.1, 0.15) is 0 Å². The van der Waals surface area contributed by atoms with E-state index in [0.29, 0.717) is 27.3 Å². The number of halogens is 1. The molecule has 8 nitrogen and oxygen atoms in total. The van der Waals surface area contributed by atoms with Crippen molar-refractivity contribution in [1.82, 2.24) is 4.98 Å². The van der Waals surface area contributed by atoms with E-state index in [1.807, 2.05) is 0 Å². The summed E-state index contributed by atoms with van der Waals surface area (Å²) in [6.45, 7) is 1.14. The van der Waals surface area contributed by atoms with Gasteiger partial charge in [-0.25, -0.2) is 18.4 Å².